The number of aryl methyl sites for hydroxylation is 1. The van der Waals surface area contributed by atoms with Gasteiger partial charge in [0.15, 0.2) is 16.5 Å². The minimum Gasteiger partial charge on any atom is -0.283 e. The zero-order valence-corrected chi connectivity index (χ0v) is 15.2. The van der Waals surface area contributed by atoms with E-state index in [0.717, 1.165) is 30.5 Å². The van der Waals surface area contributed by atoms with E-state index in [1.807, 2.05) is 18.0 Å². The molecule has 0 fully saturated rings. The van der Waals surface area contributed by atoms with E-state index in [2.05, 4.69) is 41.0 Å². The second kappa shape index (κ2) is 6.76. The van der Waals surface area contributed by atoms with Crippen LogP contribution < -0.4 is 5.56 Å². The van der Waals surface area contributed by atoms with Gasteiger partial charge in [-0.15, -0.1) is 0 Å². The van der Waals surface area contributed by atoms with E-state index in [0.29, 0.717) is 21.8 Å². The van der Waals surface area contributed by atoms with Gasteiger partial charge in [0.05, 0.1) is 0 Å². The van der Waals surface area contributed by atoms with Crippen LogP contribution in [0.25, 0.3) is 22.8 Å². The summed E-state index contributed by atoms with van der Waals surface area (Å²) in [6.07, 6.45) is 10.6. The molecule has 0 bridgehead atoms. The van der Waals surface area contributed by atoms with Crippen LogP contribution in [-0.2, 0) is 13.5 Å². The maximum absolute atomic E-state index is 12.9. The van der Waals surface area contributed by atoms with Gasteiger partial charge in [0.1, 0.15) is 5.39 Å². The molecular formula is C17H21N5OS. The summed E-state index contributed by atoms with van der Waals surface area (Å²) in [7, 11) is 1.90. The van der Waals surface area contributed by atoms with Gasteiger partial charge >= 0.3 is 0 Å². The summed E-state index contributed by atoms with van der Waals surface area (Å²) in [5, 5.41) is 1.06. The Balaban J connectivity index is 2.39. The third-order valence-electron chi connectivity index (χ3n) is 4.08. The molecule has 0 aliphatic carbocycles. The topological polar surface area (TPSA) is 65.1 Å². The molecule has 6 nitrogen and oxygen atoms in total. The molecule has 0 atom stereocenters. The van der Waals surface area contributed by atoms with E-state index in [4.69, 9.17) is 0 Å². The van der Waals surface area contributed by atoms with Gasteiger partial charge in [-0.1, -0.05) is 44.2 Å². The van der Waals surface area contributed by atoms with E-state index >= 15 is 0 Å². The van der Waals surface area contributed by atoms with Gasteiger partial charge in [-0.25, -0.2) is 15.0 Å². The van der Waals surface area contributed by atoms with Crippen LogP contribution in [0.2, 0.25) is 0 Å². The Morgan fingerprint density at radius 1 is 1.29 bits per heavy atom. The first-order valence-electron chi connectivity index (χ1n) is 8.10. The fraction of sp³-hybridized carbons (Fsp3) is 0.412. The van der Waals surface area contributed by atoms with Crippen molar-refractivity contribution in [1.29, 1.82) is 0 Å². The Labute approximate surface area is 144 Å². The number of hydrogen-bond donors (Lipinski definition) is 0. The van der Waals surface area contributed by atoms with E-state index in [1.54, 1.807) is 10.7 Å². The molecule has 24 heavy (non-hydrogen) atoms. The summed E-state index contributed by atoms with van der Waals surface area (Å²) in [5.74, 6) is 0. The lowest BCUT2D eigenvalue weighted by molar-refractivity contribution is 0.649. The lowest BCUT2D eigenvalue weighted by atomic mass is 10.1. The fourth-order valence-corrected chi connectivity index (χ4v) is 3.22. The quantitative estimate of drug-likeness (QED) is 0.526. The van der Waals surface area contributed by atoms with Gasteiger partial charge in [0, 0.05) is 24.5 Å². The Hall–Kier alpha value is -2.15. The lowest BCUT2D eigenvalue weighted by Gasteiger charge is -2.03. The van der Waals surface area contributed by atoms with E-state index in [-0.39, 0.29) is 5.56 Å². The SMILES string of the molecule is CCCC=Cc1c(CC)n(C)n2c(=O)c3cnc(SC)nc3nc12. The number of allylic oxidation sites excluding steroid dienone is 1. The molecule has 0 unspecified atom stereocenters. The Morgan fingerprint density at radius 2 is 2.08 bits per heavy atom. The van der Waals surface area contributed by atoms with Gasteiger partial charge in [-0.3, -0.25) is 9.48 Å². The highest BCUT2D eigenvalue weighted by atomic mass is 32.2. The molecule has 0 spiro atoms. The van der Waals surface area contributed by atoms with Crippen molar-refractivity contribution in [3.8, 4) is 0 Å². The maximum Gasteiger partial charge on any atom is 0.283 e. The fourth-order valence-electron chi connectivity index (χ4n) is 2.88. The van der Waals surface area contributed by atoms with E-state index < -0.39 is 0 Å². The van der Waals surface area contributed by atoms with Crippen LogP contribution in [0.15, 0.2) is 22.2 Å². The molecule has 126 valence electrons. The standard InChI is InChI=1S/C17H21N5OS/c1-5-7-8-9-11-13(6-2)21(3)22-15(11)19-14-12(16(22)23)10-18-17(20-14)24-4/h8-10H,5-7H2,1-4H3. The van der Waals surface area contributed by atoms with Crippen molar-refractivity contribution in [3.05, 3.63) is 33.9 Å². The van der Waals surface area contributed by atoms with Crippen LogP contribution in [0.3, 0.4) is 0 Å². The van der Waals surface area contributed by atoms with Crippen LogP contribution in [-0.4, -0.2) is 30.4 Å². The van der Waals surface area contributed by atoms with Crippen LogP contribution >= 0.6 is 11.8 Å². The summed E-state index contributed by atoms with van der Waals surface area (Å²) in [6, 6.07) is 0. The minimum absolute atomic E-state index is 0.130. The average Bonchev–Trinajstić information content (AvgIpc) is 2.86. The van der Waals surface area contributed by atoms with Gasteiger partial charge in [-0.2, -0.15) is 4.52 Å². The highest BCUT2D eigenvalue weighted by Crippen LogP contribution is 2.20. The predicted molar refractivity (Wildman–Crippen MR) is 98.6 cm³/mol. The number of nitrogens with zero attached hydrogens (tertiary/aromatic N) is 5. The summed E-state index contributed by atoms with van der Waals surface area (Å²) >= 11 is 1.44. The first-order chi connectivity index (χ1) is 11.6. The Bertz CT molecular complexity index is 986. The molecule has 3 aromatic rings. The van der Waals surface area contributed by atoms with Crippen molar-refractivity contribution in [2.45, 2.75) is 38.3 Å². The van der Waals surface area contributed by atoms with E-state index in [9.17, 15) is 4.79 Å². The summed E-state index contributed by atoms with van der Waals surface area (Å²) in [6.45, 7) is 4.23. The van der Waals surface area contributed by atoms with Crippen LogP contribution in [0.5, 0.6) is 0 Å². The molecule has 0 radical (unpaired) electrons. The number of hydrogen-bond acceptors (Lipinski definition) is 5. The number of unbranched alkanes of at least 4 members (excludes halogenated alkanes) is 1. The van der Waals surface area contributed by atoms with Crippen molar-refractivity contribution < 1.29 is 0 Å². The molecule has 0 aliphatic heterocycles. The summed E-state index contributed by atoms with van der Waals surface area (Å²) in [4.78, 5) is 26.2. The molecular weight excluding hydrogens is 322 g/mol. The van der Waals surface area contributed by atoms with Crippen molar-refractivity contribution in [2.75, 3.05) is 6.26 Å². The van der Waals surface area contributed by atoms with Crippen molar-refractivity contribution in [1.82, 2.24) is 24.1 Å². The summed E-state index contributed by atoms with van der Waals surface area (Å²) < 4.78 is 3.51. The monoisotopic (exact) mass is 343 g/mol. The summed E-state index contributed by atoms with van der Waals surface area (Å²) in [5.41, 5.74) is 3.06. The van der Waals surface area contributed by atoms with Crippen LogP contribution in [0.1, 0.15) is 37.9 Å². The largest absolute Gasteiger partial charge is 0.283 e. The van der Waals surface area contributed by atoms with Crippen LogP contribution in [0, 0.1) is 0 Å². The van der Waals surface area contributed by atoms with Gasteiger partial charge in [-0.05, 0) is 19.1 Å². The number of aromatic nitrogens is 5. The van der Waals surface area contributed by atoms with Gasteiger partial charge in [0.2, 0.25) is 0 Å². The van der Waals surface area contributed by atoms with Gasteiger partial charge in [0.25, 0.3) is 5.56 Å². The molecule has 0 saturated heterocycles. The van der Waals surface area contributed by atoms with Crippen molar-refractivity contribution in [2.24, 2.45) is 7.05 Å². The van der Waals surface area contributed by atoms with Gasteiger partial charge < -0.3 is 0 Å². The molecule has 3 rings (SSSR count). The third-order valence-corrected chi connectivity index (χ3v) is 4.64. The zero-order chi connectivity index (χ0) is 17.3. The second-order valence-electron chi connectivity index (χ2n) is 5.57. The Morgan fingerprint density at radius 3 is 2.75 bits per heavy atom. The first-order valence-corrected chi connectivity index (χ1v) is 9.32. The van der Waals surface area contributed by atoms with Crippen molar-refractivity contribution >= 4 is 34.5 Å². The molecule has 0 saturated carbocycles. The first kappa shape index (κ1) is 16.7. The third kappa shape index (κ3) is 2.62. The van der Waals surface area contributed by atoms with Crippen LogP contribution in [0.4, 0.5) is 0 Å². The Kier molecular flexibility index (Phi) is 4.71. The zero-order valence-electron chi connectivity index (χ0n) is 14.4. The average molecular weight is 343 g/mol. The molecule has 0 N–H and O–H groups in total. The minimum atomic E-state index is -0.130. The second-order valence-corrected chi connectivity index (χ2v) is 6.35. The molecule has 3 heterocycles. The maximum atomic E-state index is 12.9. The number of thioether (sulfide) groups is 1. The number of fused-ring (bicyclic) bond motifs is 2. The number of rotatable bonds is 5. The molecule has 0 aromatic carbocycles. The highest BCUT2D eigenvalue weighted by molar-refractivity contribution is 7.98. The molecule has 0 amide bonds. The van der Waals surface area contributed by atoms with Crippen molar-refractivity contribution in [3.63, 3.8) is 0 Å². The molecule has 7 heteroatoms. The lowest BCUT2D eigenvalue weighted by Crippen LogP contribution is -2.21. The molecule has 0 aliphatic rings. The normalized spacial score (nSPS) is 12.0. The highest BCUT2D eigenvalue weighted by Gasteiger charge is 2.17. The molecule has 3 aromatic heterocycles. The predicted octanol–water partition coefficient (Wildman–Crippen LogP) is 3.07. The van der Waals surface area contributed by atoms with E-state index in [1.165, 1.54) is 11.8 Å². The smallest absolute Gasteiger partial charge is 0.283 e.